The quantitative estimate of drug-likeness (QED) is 0.760. The van der Waals surface area contributed by atoms with E-state index in [1.807, 2.05) is 0 Å². The lowest BCUT2D eigenvalue weighted by Gasteiger charge is -2.21. The molecule has 0 saturated heterocycles. The maximum absolute atomic E-state index is 12.2. The Balaban J connectivity index is 2.21. The average molecular weight is 364 g/mol. The number of benzene rings is 2. The Morgan fingerprint density at radius 2 is 1.59 bits per heavy atom. The molecule has 6 heteroatoms. The van der Waals surface area contributed by atoms with Crippen molar-refractivity contribution in [2.75, 3.05) is 0 Å². The van der Waals surface area contributed by atoms with E-state index >= 15 is 0 Å². The molecule has 0 heterocycles. The van der Waals surface area contributed by atoms with Crippen LogP contribution in [0.2, 0.25) is 0 Å². The Kier molecular flexibility index (Phi) is 5.30. The van der Waals surface area contributed by atoms with Gasteiger partial charge in [0.2, 0.25) is 0 Å². The van der Waals surface area contributed by atoms with Crippen molar-refractivity contribution in [3.05, 3.63) is 70.2 Å². The van der Waals surface area contributed by atoms with Crippen molar-refractivity contribution in [1.29, 1.82) is 0 Å². The first-order valence-corrected chi connectivity index (χ1v) is 7.31. The van der Waals surface area contributed by atoms with Crippen LogP contribution in [0.1, 0.15) is 22.0 Å². The summed E-state index contributed by atoms with van der Waals surface area (Å²) in [7, 11) is 0. The second-order valence-electron chi connectivity index (χ2n) is 4.62. The molecular weight excluding hydrogens is 350 g/mol. The monoisotopic (exact) mass is 363 g/mol. The highest BCUT2D eigenvalue weighted by Crippen LogP contribution is 2.19. The summed E-state index contributed by atoms with van der Waals surface area (Å²) in [5.74, 6) is -1.88. The smallest absolute Gasteiger partial charge is 0.329 e. The van der Waals surface area contributed by atoms with Gasteiger partial charge in [0.05, 0.1) is 5.56 Å². The van der Waals surface area contributed by atoms with E-state index in [4.69, 9.17) is 0 Å². The van der Waals surface area contributed by atoms with E-state index in [9.17, 15) is 19.8 Å². The predicted molar refractivity (Wildman–Crippen MR) is 84.4 cm³/mol. The van der Waals surface area contributed by atoms with Crippen LogP contribution < -0.4 is 5.32 Å². The molecule has 0 aliphatic heterocycles. The van der Waals surface area contributed by atoms with Gasteiger partial charge in [0.1, 0.15) is 6.10 Å². The molecule has 2 aromatic carbocycles. The summed E-state index contributed by atoms with van der Waals surface area (Å²) in [6.07, 6.45) is -1.34. The summed E-state index contributed by atoms with van der Waals surface area (Å²) < 4.78 is 0.547. The number of aliphatic hydroxyl groups excluding tert-OH is 1. The third-order valence-corrected chi connectivity index (χ3v) is 3.82. The summed E-state index contributed by atoms with van der Waals surface area (Å²) in [6.45, 7) is 0. The Morgan fingerprint density at radius 1 is 1.00 bits per heavy atom. The van der Waals surface area contributed by atoms with Crippen molar-refractivity contribution in [3.63, 3.8) is 0 Å². The van der Waals surface area contributed by atoms with E-state index in [2.05, 4.69) is 21.2 Å². The molecule has 1 amide bonds. The number of halogens is 1. The van der Waals surface area contributed by atoms with Crippen molar-refractivity contribution < 1.29 is 19.8 Å². The topological polar surface area (TPSA) is 86.6 Å². The molecule has 0 aliphatic carbocycles. The zero-order chi connectivity index (χ0) is 16.1. The van der Waals surface area contributed by atoms with Gasteiger partial charge < -0.3 is 15.5 Å². The standard InChI is InChI=1S/C16H14BrNO4/c17-12-9-5-4-8-11(12)15(20)18-13(16(21)22)14(19)10-6-2-1-3-7-10/h1-9,13-14,19H,(H,18,20)(H,21,22). The minimum atomic E-state index is -1.44. The molecule has 0 spiro atoms. The third kappa shape index (κ3) is 3.72. The number of aliphatic hydroxyl groups is 1. The second-order valence-corrected chi connectivity index (χ2v) is 5.48. The molecule has 22 heavy (non-hydrogen) atoms. The van der Waals surface area contributed by atoms with Crippen LogP contribution in [0.3, 0.4) is 0 Å². The first-order chi connectivity index (χ1) is 10.5. The molecule has 5 nitrogen and oxygen atoms in total. The maximum Gasteiger partial charge on any atom is 0.329 e. The highest BCUT2D eigenvalue weighted by molar-refractivity contribution is 9.10. The van der Waals surface area contributed by atoms with E-state index in [1.165, 1.54) is 0 Å². The van der Waals surface area contributed by atoms with Gasteiger partial charge in [-0.3, -0.25) is 4.79 Å². The summed E-state index contributed by atoms with van der Waals surface area (Å²) in [6, 6.07) is 13.5. The highest BCUT2D eigenvalue weighted by atomic mass is 79.9. The molecule has 2 aromatic rings. The lowest BCUT2D eigenvalue weighted by Crippen LogP contribution is -2.45. The Labute approximate surface area is 135 Å². The minimum Gasteiger partial charge on any atom is -0.480 e. The molecule has 0 aliphatic rings. The van der Waals surface area contributed by atoms with Crippen LogP contribution in [-0.2, 0) is 4.79 Å². The first-order valence-electron chi connectivity index (χ1n) is 6.52. The number of carboxylic acids is 1. The van der Waals surface area contributed by atoms with Crippen LogP contribution in [0.25, 0.3) is 0 Å². The summed E-state index contributed by atoms with van der Waals surface area (Å²) in [5.41, 5.74) is 0.719. The van der Waals surface area contributed by atoms with Gasteiger partial charge in [0.15, 0.2) is 6.04 Å². The van der Waals surface area contributed by atoms with E-state index in [-0.39, 0.29) is 0 Å². The van der Waals surface area contributed by atoms with Crippen LogP contribution in [0.4, 0.5) is 0 Å². The van der Waals surface area contributed by atoms with Crippen molar-refractivity contribution in [2.24, 2.45) is 0 Å². The van der Waals surface area contributed by atoms with Gasteiger partial charge in [-0.15, -0.1) is 0 Å². The molecule has 114 valence electrons. The number of rotatable bonds is 5. The molecule has 0 fully saturated rings. The second kappa shape index (κ2) is 7.20. The normalized spacial score (nSPS) is 13.2. The first kappa shape index (κ1) is 16.2. The fraction of sp³-hybridized carbons (Fsp3) is 0.125. The molecule has 3 N–H and O–H groups in total. The number of amides is 1. The number of hydrogen-bond donors (Lipinski definition) is 3. The number of nitrogens with one attached hydrogen (secondary N) is 1. The van der Waals surface area contributed by atoms with Gasteiger partial charge in [0.25, 0.3) is 5.91 Å². The summed E-state index contributed by atoms with van der Waals surface area (Å²) in [4.78, 5) is 23.6. The van der Waals surface area contributed by atoms with E-state index < -0.39 is 24.0 Å². The molecule has 2 unspecified atom stereocenters. The molecule has 0 aromatic heterocycles. The molecule has 0 bridgehead atoms. The Bertz CT molecular complexity index is 675. The van der Waals surface area contributed by atoms with Crippen molar-refractivity contribution in [2.45, 2.75) is 12.1 Å². The fourth-order valence-electron chi connectivity index (χ4n) is 1.98. The van der Waals surface area contributed by atoms with Gasteiger partial charge in [-0.25, -0.2) is 4.79 Å². The van der Waals surface area contributed by atoms with Gasteiger partial charge in [0, 0.05) is 4.47 Å². The number of carbonyl (C=O) groups excluding carboxylic acids is 1. The van der Waals surface area contributed by atoms with E-state index in [0.717, 1.165) is 0 Å². The molecule has 0 radical (unpaired) electrons. The minimum absolute atomic E-state index is 0.300. The summed E-state index contributed by atoms with van der Waals surface area (Å²) >= 11 is 3.24. The highest BCUT2D eigenvalue weighted by Gasteiger charge is 2.30. The Morgan fingerprint density at radius 3 is 2.18 bits per heavy atom. The zero-order valence-corrected chi connectivity index (χ0v) is 13.0. The number of carboxylic acid groups (broad SMARTS) is 1. The van der Waals surface area contributed by atoms with Gasteiger partial charge in [-0.2, -0.15) is 0 Å². The van der Waals surface area contributed by atoms with Crippen molar-refractivity contribution in [1.82, 2.24) is 5.32 Å². The van der Waals surface area contributed by atoms with E-state index in [1.54, 1.807) is 54.6 Å². The molecular formula is C16H14BrNO4. The van der Waals surface area contributed by atoms with E-state index in [0.29, 0.717) is 15.6 Å². The largest absolute Gasteiger partial charge is 0.480 e. The summed E-state index contributed by atoms with van der Waals surface area (Å²) in [5, 5.41) is 21.8. The van der Waals surface area contributed by atoms with Gasteiger partial charge >= 0.3 is 5.97 Å². The molecule has 2 rings (SSSR count). The van der Waals surface area contributed by atoms with Crippen molar-refractivity contribution >= 4 is 27.8 Å². The van der Waals surface area contributed by atoms with Crippen molar-refractivity contribution in [3.8, 4) is 0 Å². The van der Waals surface area contributed by atoms with Gasteiger partial charge in [-0.1, -0.05) is 42.5 Å². The Hall–Kier alpha value is -2.18. The van der Waals surface area contributed by atoms with Gasteiger partial charge in [-0.05, 0) is 33.6 Å². The predicted octanol–water partition coefficient (Wildman–Crippen LogP) is 2.37. The van der Waals surface area contributed by atoms with Crippen LogP contribution in [0, 0.1) is 0 Å². The van der Waals surface area contributed by atoms with Crippen LogP contribution in [-0.4, -0.2) is 28.1 Å². The van der Waals surface area contributed by atoms with Crippen LogP contribution in [0.15, 0.2) is 59.1 Å². The lowest BCUT2D eigenvalue weighted by molar-refractivity contribution is -0.142. The number of aliphatic carboxylic acids is 1. The average Bonchev–Trinajstić information content (AvgIpc) is 2.52. The number of carbonyl (C=O) groups is 2. The third-order valence-electron chi connectivity index (χ3n) is 3.13. The maximum atomic E-state index is 12.2. The van der Waals surface area contributed by atoms with Crippen LogP contribution >= 0.6 is 15.9 Å². The van der Waals surface area contributed by atoms with Crippen LogP contribution in [0.5, 0.6) is 0 Å². The molecule has 0 saturated carbocycles. The molecule has 2 atom stereocenters. The fourth-order valence-corrected chi connectivity index (χ4v) is 2.45. The zero-order valence-electron chi connectivity index (χ0n) is 11.4. The lowest BCUT2D eigenvalue weighted by atomic mass is 10.0. The SMILES string of the molecule is O=C(NC(C(=O)O)C(O)c1ccccc1)c1ccccc1Br. The number of hydrogen-bond acceptors (Lipinski definition) is 3.